The molecule has 0 aromatic carbocycles. The van der Waals surface area contributed by atoms with Crippen LogP contribution in [0.3, 0.4) is 0 Å². The third kappa shape index (κ3) is 1.39. The highest BCUT2D eigenvalue weighted by Crippen LogP contribution is 2.43. The Kier molecular flexibility index (Phi) is 2.27. The van der Waals surface area contributed by atoms with E-state index in [2.05, 4.69) is 19.2 Å². The summed E-state index contributed by atoms with van der Waals surface area (Å²) in [5.41, 5.74) is -0.173. The van der Waals surface area contributed by atoms with Gasteiger partial charge in [0.1, 0.15) is 0 Å². The average molecular weight is 224 g/mol. The standard InChI is InChI=1S/C12H20N2O2/c1-8(10-3-6-16-7-10)14-9(2)13-12(4-5-12)11(14)15/h8-10,13H,3-7H2,1-2H3. The fraction of sp³-hybridized carbons (Fsp3) is 0.917. The van der Waals surface area contributed by atoms with Gasteiger partial charge in [0.15, 0.2) is 0 Å². The molecular formula is C12H20N2O2. The van der Waals surface area contributed by atoms with Gasteiger partial charge >= 0.3 is 0 Å². The fourth-order valence-electron chi connectivity index (χ4n) is 3.14. The molecule has 3 unspecified atom stereocenters. The van der Waals surface area contributed by atoms with Gasteiger partial charge < -0.3 is 9.64 Å². The summed E-state index contributed by atoms with van der Waals surface area (Å²) in [6.07, 6.45) is 3.30. The second-order valence-electron chi connectivity index (χ2n) is 5.48. The largest absolute Gasteiger partial charge is 0.381 e. The maximum Gasteiger partial charge on any atom is 0.244 e. The van der Waals surface area contributed by atoms with Crippen molar-refractivity contribution < 1.29 is 9.53 Å². The van der Waals surface area contributed by atoms with E-state index in [1.54, 1.807) is 0 Å². The zero-order valence-corrected chi connectivity index (χ0v) is 10.0. The van der Waals surface area contributed by atoms with Gasteiger partial charge in [0, 0.05) is 18.6 Å². The lowest BCUT2D eigenvalue weighted by Crippen LogP contribution is -2.45. The molecule has 1 amide bonds. The van der Waals surface area contributed by atoms with Crippen molar-refractivity contribution in [3.8, 4) is 0 Å². The fourth-order valence-corrected chi connectivity index (χ4v) is 3.14. The van der Waals surface area contributed by atoms with Crippen molar-refractivity contribution in [1.82, 2.24) is 10.2 Å². The van der Waals surface area contributed by atoms with E-state index in [1.807, 2.05) is 4.90 Å². The molecule has 2 saturated heterocycles. The SMILES string of the molecule is CC1NC2(CC2)C(=O)N1C(C)C1CCOC1. The van der Waals surface area contributed by atoms with Crippen molar-refractivity contribution in [3.63, 3.8) is 0 Å². The molecule has 2 heterocycles. The summed E-state index contributed by atoms with van der Waals surface area (Å²) in [4.78, 5) is 14.4. The first-order chi connectivity index (χ1) is 7.64. The normalized spacial score (nSPS) is 38.4. The summed E-state index contributed by atoms with van der Waals surface area (Å²) in [6, 6.07) is 0.303. The maximum absolute atomic E-state index is 12.3. The zero-order chi connectivity index (χ0) is 11.3. The van der Waals surface area contributed by atoms with Gasteiger partial charge in [-0.2, -0.15) is 0 Å². The van der Waals surface area contributed by atoms with E-state index >= 15 is 0 Å². The van der Waals surface area contributed by atoms with E-state index in [9.17, 15) is 4.79 Å². The highest BCUT2D eigenvalue weighted by molar-refractivity contribution is 5.92. The molecule has 0 bridgehead atoms. The van der Waals surface area contributed by atoms with Crippen molar-refractivity contribution in [1.29, 1.82) is 0 Å². The smallest absolute Gasteiger partial charge is 0.244 e. The molecule has 4 heteroatoms. The monoisotopic (exact) mass is 224 g/mol. The minimum atomic E-state index is -0.173. The van der Waals surface area contributed by atoms with E-state index in [4.69, 9.17) is 4.74 Å². The number of nitrogens with zero attached hydrogens (tertiary/aromatic N) is 1. The summed E-state index contributed by atoms with van der Waals surface area (Å²) in [7, 11) is 0. The summed E-state index contributed by atoms with van der Waals surface area (Å²) >= 11 is 0. The molecule has 0 radical (unpaired) electrons. The Bertz CT molecular complexity index is 308. The van der Waals surface area contributed by atoms with Crippen molar-refractivity contribution >= 4 is 5.91 Å². The Hall–Kier alpha value is -0.610. The summed E-state index contributed by atoms with van der Waals surface area (Å²) in [5.74, 6) is 0.835. The number of ether oxygens (including phenoxy) is 1. The summed E-state index contributed by atoms with van der Waals surface area (Å²) in [5, 5.41) is 3.44. The highest BCUT2D eigenvalue weighted by Gasteiger charge is 2.59. The second-order valence-corrected chi connectivity index (χ2v) is 5.48. The molecular weight excluding hydrogens is 204 g/mol. The van der Waals surface area contributed by atoms with Crippen LogP contribution in [0.5, 0.6) is 0 Å². The van der Waals surface area contributed by atoms with Crippen LogP contribution in [0.25, 0.3) is 0 Å². The first-order valence-electron chi connectivity index (χ1n) is 6.32. The molecule has 1 saturated carbocycles. The lowest BCUT2D eigenvalue weighted by Gasteiger charge is -2.31. The predicted molar refractivity (Wildman–Crippen MR) is 59.8 cm³/mol. The van der Waals surface area contributed by atoms with Gasteiger partial charge in [-0.3, -0.25) is 10.1 Å². The molecule has 4 nitrogen and oxygen atoms in total. The number of hydrogen-bond acceptors (Lipinski definition) is 3. The van der Waals surface area contributed by atoms with Crippen LogP contribution in [0.15, 0.2) is 0 Å². The van der Waals surface area contributed by atoms with Crippen molar-refractivity contribution in [3.05, 3.63) is 0 Å². The van der Waals surface area contributed by atoms with Crippen molar-refractivity contribution in [2.24, 2.45) is 5.92 Å². The van der Waals surface area contributed by atoms with Crippen LogP contribution < -0.4 is 5.32 Å². The lowest BCUT2D eigenvalue weighted by atomic mass is 9.98. The Morgan fingerprint density at radius 3 is 2.81 bits per heavy atom. The van der Waals surface area contributed by atoms with Crippen LogP contribution in [0, 0.1) is 5.92 Å². The van der Waals surface area contributed by atoms with Crippen molar-refractivity contribution in [2.45, 2.75) is 50.9 Å². The minimum absolute atomic E-state index is 0.173. The van der Waals surface area contributed by atoms with Gasteiger partial charge in [0.05, 0.1) is 18.3 Å². The van der Waals surface area contributed by atoms with Gasteiger partial charge in [-0.25, -0.2) is 0 Å². The minimum Gasteiger partial charge on any atom is -0.381 e. The topological polar surface area (TPSA) is 41.6 Å². The Balaban J connectivity index is 1.75. The lowest BCUT2D eigenvalue weighted by molar-refractivity contribution is -0.133. The average Bonchev–Trinajstić information content (AvgIpc) is 2.76. The molecule has 1 spiro atoms. The van der Waals surface area contributed by atoms with E-state index < -0.39 is 0 Å². The third-order valence-electron chi connectivity index (χ3n) is 4.38. The molecule has 90 valence electrons. The number of hydrogen-bond donors (Lipinski definition) is 1. The second kappa shape index (κ2) is 3.44. The van der Waals surface area contributed by atoms with Crippen molar-refractivity contribution in [2.75, 3.05) is 13.2 Å². The number of carbonyl (C=O) groups excluding carboxylic acids is 1. The quantitative estimate of drug-likeness (QED) is 0.751. The van der Waals surface area contributed by atoms with Crippen LogP contribution in [0.4, 0.5) is 0 Å². The van der Waals surface area contributed by atoms with Gasteiger partial charge in [0.25, 0.3) is 0 Å². The highest BCUT2D eigenvalue weighted by atomic mass is 16.5. The van der Waals surface area contributed by atoms with Crippen LogP contribution in [0.1, 0.15) is 33.1 Å². The van der Waals surface area contributed by atoms with Gasteiger partial charge in [0.2, 0.25) is 5.91 Å². The molecule has 3 atom stereocenters. The van der Waals surface area contributed by atoms with Crippen LogP contribution >= 0.6 is 0 Å². The van der Waals surface area contributed by atoms with E-state index in [1.165, 1.54) is 0 Å². The zero-order valence-electron chi connectivity index (χ0n) is 10.0. The van der Waals surface area contributed by atoms with Crippen LogP contribution in [-0.4, -0.2) is 41.8 Å². The number of nitrogens with one attached hydrogen (secondary N) is 1. The van der Waals surface area contributed by atoms with E-state index in [0.29, 0.717) is 17.9 Å². The molecule has 0 aromatic rings. The number of carbonyl (C=O) groups is 1. The maximum atomic E-state index is 12.3. The first kappa shape index (κ1) is 10.5. The molecule has 16 heavy (non-hydrogen) atoms. The Morgan fingerprint density at radius 2 is 2.31 bits per heavy atom. The number of rotatable bonds is 2. The van der Waals surface area contributed by atoms with E-state index in [0.717, 1.165) is 32.5 Å². The first-order valence-corrected chi connectivity index (χ1v) is 6.32. The predicted octanol–water partition coefficient (Wildman–Crippen LogP) is 0.722. The van der Waals surface area contributed by atoms with E-state index in [-0.39, 0.29) is 11.7 Å². The summed E-state index contributed by atoms with van der Waals surface area (Å²) < 4.78 is 5.42. The molecule has 3 rings (SSSR count). The third-order valence-corrected chi connectivity index (χ3v) is 4.38. The molecule has 3 fully saturated rings. The van der Waals surface area contributed by atoms with Gasteiger partial charge in [-0.05, 0) is 33.1 Å². The molecule has 3 aliphatic rings. The summed E-state index contributed by atoms with van der Waals surface area (Å²) in [6.45, 7) is 5.92. The molecule has 2 aliphatic heterocycles. The molecule has 1 aliphatic carbocycles. The van der Waals surface area contributed by atoms with Gasteiger partial charge in [-0.1, -0.05) is 0 Å². The Labute approximate surface area is 96.3 Å². The van der Waals surface area contributed by atoms with Gasteiger partial charge in [-0.15, -0.1) is 0 Å². The molecule has 1 N–H and O–H groups in total. The number of amides is 1. The van der Waals surface area contributed by atoms with Crippen LogP contribution in [0.2, 0.25) is 0 Å². The molecule has 0 aromatic heterocycles. The Morgan fingerprint density at radius 1 is 1.56 bits per heavy atom. The van der Waals surface area contributed by atoms with Crippen LogP contribution in [-0.2, 0) is 9.53 Å².